The quantitative estimate of drug-likeness (QED) is 0.601. The van der Waals surface area contributed by atoms with Gasteiger partial charge in [-0.25, -0.2) is 0 Å². The standard InChI is InChI=1S/C8H3F3N3/c9-8(10,11)7-2-1-6(14-13)3-5(7)4-12/h1-3H/q+1. The SMILES string of the molecule is N#Cc1cc([N+]#N)ccc1C(F)(F)F. The summed E-state index contributed by atoms with van der Waals surface area (Å²) in [6, 6.07) is 3.93. The van der Waals surface area contributed by atoms with Gasteiger partial charge >= 0.3 is 11.9 Å². The van der Waals surface area contributed by atoms with E-state index in [-0.39, 0.29) is 5.69 Å². The van der Waals surface area contributed by atoms with Gasteiger partial charge in [0, 0.05) is 6.07 Å². The van der Waals surface area contributed by atoms with Crippen molar-refractivity contribution in [1.29, 1.82) is 10.7 Å². The first-order chi connectivity index (χ1) is 6.49. The molecule has 0 radical (unpaired) electrons. The van der Waals surface area contributed by atoms with E-state index in [2.05, 4.69) is 4.98 Å². The van der Waals surface area contributed by atoms with Crippen LogP contribution < -0.4 is 0 Å². The van der Waals surface area contributed by atoms with Crippen molar-refractivity contribution in [3.05, 3.63) is 34.3 Å². The Kier molecular flexibility index (Phi) is 2.39. The van der Waals surface area contributed by atoms with E-state index in [1.165, 1.54) is 6.07 Å². The second-order valence-corrected chi connectivity index (χ2v) is 2.44. The Morgan fingerprint density at radius 2 is 1.93 bits per heavy atom. The zero-order valence-electron chi connectivity index (χ0n) is 6.71. The van der Waals surface area contributed by atoms with E-state index in [0.717, 1.165) is 12.1 Å². The van der Waals surface area contributed by atoms with Crippen LogP contribution in [0.4, 0.5) is 18.9 Å². The Morgan fingerprint density at radius 1 is 1.29 bits per heavy atom. The van der Waals surface area contributed by atoms with Gasteiger partial charge in [-0.3, -0.25) is 0 Å². The summed E-state index contributed by atoms with van der Waals surface area (Å²) in [6.45, 7) is 0. The molecule has 6 heteroatoms. The Labute approximate surface area is 77.0 Å². The van der Waals surface area contributed by atoms with Crippen LogP contribution in [-0.2, 0) is 6.18 Å². The molecular formula is C8H3F3N3+. The lowest BCUT2D eigenvalue weighted by atomic mass is 10.1. The minimum atomic E-state index is -4.57. The maximum Gasteiger partial charge on any atom is 0.417 e. The van der Waals surface area contributed by atoms with Gasteiger partial charge in [0.25, 0.3) is 0 Å². The number of rotatable bonds is 0. The Balaban J connectivity index is 3.37. The van der Waals surface area contributed by atoms with Crippen LogP contribution in [0.25, 0.3) is 4.98 Å². The fraction of sp³-hybridized carbons (Fsp3) is 0.125. The number of diazo groups is 1. The molecule has 0 bridgehead atoms. The van der Waals surface area contributed by atoms with Gasteiger partial charge in [-0.05, 0) is 6.07 Å². The van der Waals surface area contributed by atoms with Gasteiger partial charge in [-0.2, -0.15) is 18.4 Å². The molecule has 0 aromatic heterocycles. The van der Waals surface area contributed by atoms with E-state index >= 15 is 0 Å². The van der Waals surface area contributed by atoms with Gasteiger partial charge in [0.15, 0.2) is 4.98 Å². The highest BCUT2D eigenvalue weighted by Gasteiger charge is 2.34. The number of hydrogen-bond donors (Lipinski definition) is 0. The molecule has 0 atom stereocenters. The summed E-state index contributed by atoms with van der Waals surface area (Å²) < 4.78 is 36.7. The third-order valence-corrected chi connectivity index (χ3v) is 1.54. The van der Waals surface area contributed by atoms with Crippen molar-refractivity contribution >= 4 is 5.69 Å². The second-order valence-electron chi connectivity index (χ2n) is 2.44. The van der Waals surface area contributed by atoms with Crippen LogP contribution in [0, 0.1) is 16.7 Å². The van der Waals surface area contributed by atoms with Crippen LogP contribution in [-0.4, -0.2) is 0 Å². The number of nitriles is 1. The maximum absolute atomic E-state index is 12.2. The molecule has 0 heterocycles. The molecule has 0 saturated carbocycles. The van der Waals surface area contributed by atoms with E-state index in [0.29, 0.717) is 6.07 Å². The lowest BCUT2D eigenvalue weighted by molar-refractivity contribution is -0.137. The Hall–Kier alpha value is -2.08. The van der Waals surface area contributed by atoms with Crippen LogP contribution in [0.1, 0.15) is 11.1 Å². The average Bonchev–Trinajstić information content (AvgIpc) is 2.15. The summed E-state index contributed by atoms with van der Waals surface area (Å²) in [6.07, 6.45) is -4.57. The van der Waals surface area contributed by atoms with Crippen LogP contribution in [0.15, 0.2) is 18.2 Å². The zero-order valence-corrected chi connectivity index (χ0v) is 6.71. The molecular weight excluding hydrogens is 195 g/mol. The first-order valence-electron chi connectivity index (χ1n) is 3.45. The minimum Gasteiger partial charge on any atom is -0.192 e. The van der Waals surface area contributed by atoms with Gasteiger partial charge in [0.1, 0.15) is 6.07 Å². The summed E-state index contributed by atoms with van der Waals surface area (Å²) in [5.74, 6) is 0. The van der Waals surface area contributed by atoms with Gasteiger partial charge in [-0.15, -0.1) is 0 Å². The van der Waals surface area contributed by atoms with E-state index in [9.17, 15) is 13.2 Å². The molecule has 0 unspecified atom stereocenters. The molecule has 1 aromatic rings. The van der Waals surface area contributed by atoms with Crippen molar-refractivity contribution in [1.82, 2.24) is 0 Å². The van der Waals surface area contributed by atoms with E-state index in [1.54, 1.807) is 0 Å². The molecule has 14 heavy (non-hydrogen) atoms. The van der Waals surface area contributed by atoms with Crippen LogP contribution in [0.2, 0.25) is 0 Å². The molecule has 0 fully saturated rings. The first-order valence-corrected chi connectivity index (χ1v) is 3.45. The number of halogens is 3. The summed E-state index contributed by atoms with van der Waals surface area (Å²) >= 11 is 0. The number of benzene rings is 1. The molecule has 3 nitrogen and oxygen atoms in total. The predicted molar refractivity (Wildman–Crippen MR) is 40.9 cm³/mol. The lowest BCUT2D eigenvalue weighted by Crippen LogP contribution is -2.07. The molecule has 1 rings (SSSR count). The van der Waals surface area contributed by atoms with Crippen molar-refractivity contribution in [3.8, 4) is 6.07 Å². The van der Waals surface area contributed by atoms with Crippen LogP contribution in [0.3, 0.4) is 0 Å². The topological polar surface area (TPSA) is 51.9 Å². The molecule has 0 aliphatic rings. The van der Waals surface area contributed by atoms with Crippen molar-refractivity contribution < 1.29 is 13.2 Å². The molecule has 0 N–H and O–H groups in total. The lowest BCUT2D eigenvalue weighted by Gasteiger charge is -2.06. The van der Waals surface area contributed by atoms with Crippen molar-refractivity contribution in [3.63, 3.8) is 0 Å². The maximum atomic E-state index is 12.2. The van der Waals surface area contributed by atoms with Crippen molar-refractivity contribution in [2.75, 3.05) is 0 Å². The highest BCUT2D eigenvalue weighted by molar-refractivity contribution is 5.53. The number of alkyl halides is 3. The molecule has 0 aliphatic carbocycles. The minimum absolute atomic E-state index is 0.0884. The fourth-order valence-corrected chi connectivity index (χ4v) is 0.934. The molecule has 0 amide bonds. The summed E-state index contributed by atoms with van der Waals surface area (Å²) in [7, 11) is 0. The van der Waals surface area contributed by atoms with Crippen LogP contribution >= 0.6 is 0 Å². The average molecular weight is 198 g/mol. The normalized spacial score (nSPS) is 10.4. The van der Waals surface area contributed by atoms with Crippen LogP contribution in [0.5, 0.6) is 0 Å². The van der Waals surface area contributed by atoms with E-state index in [1.807, 2.05) is 0 Å². The first kappa shape index (κ1) is 10.0. The number of hydrogen-bond acceptors (Lipinski definition) is 2. The Bertz CT molecular complexity index is 437. The summed E-state index contributed by atoms with van der Waals surface area (Å²) in [4.78, 5) is 2.68. The monoisotopic (exact) mass is 198 g/mol. The van der Waals surface area contributed by atoms with E-state index < -0.39 is 17.3 Å². The molecule has 1 aromatic carbocycles. The molecule has 0 spiro atoms. The third kappa shape index (κ3) is 1.80. The fourth-order valence-electron chi connectivity index (χ4n) is 0.934. The molecule has 70 valence electrons. The third-order valence-electron chi connectivity index (χ3n) is 1.54. The summed E-state index contributed by atoms with van der Waals surface area (Å²) in [5.41, 5.74) is -1.69. The second kappa shape index (κ2) is 3.35. The van der Waals surface area contributed by atoms with Gasteiger partial charge in [0.05, 0.1) is 17.2 Å². The predicted octanol–water partition coefficient (Wildman–Crippen LogP) is 3.06. The van der Waals surface area contributed by atoms with Gasteiger partial charge in [-0.1, -0.05) is 0 Å². The van der Waals surface area contributed by atoms with E-state index in [4.69, 9.17) is 10.7 Å². The van der Waals surface area contributed by atoms with Gasteiger partial charge < -0.3 is 0 Å². The molecule has 0 aliphatic heterocycles. The van der Waals surface area contributed by atoms with Crippen molar-refractivity contribution in [2.45, 2.75) is 6.18 Å². The largest absolute Gasteiger partial charge is 0.417 e. The van der Waals surface area contributed by atoms with Gasteiger partial charge in [0.2, 0.25) is 5.39 Å². The Morgan fingerprint density at radius 3 is 2.36 bits per heavy atom. The molecule has 0 saturated heterocycles. The van der Waals surface area contributed by atoms with Crippen molar-refractivity contribution in [2.24, 2.45) is 0 Å². The summed E-state index contributed by atoms with van der Waals surface area (Å²) in [5, 5.41) is 16.7. The zero-order chi connectivity index (χ0) is 10.8. The number of nitrogens with zero attached hydrogens (tertiary/aromatic N) is 3. The smallest absolute Gasteiger partial charge is 0.192 e. The highest BCUT2D eigenvalue weighted by Crippen LogP contribution is 2.33. The highest BCUT2D eigenvalue weighted by atomic mass is 19.4.